The molecule has 1 aliphatic heterocycles. The molecule has 0 aromatic rings. The lowest BCUT2D eigenvalue weighted by atomic mass is 9.67. The van der Waals surface area contributed by atoms with E-state index >= 15 is 0 Å². The zero-order valence-electron chi connectivity index (χ0n) is 14.3. The molecule has 0 amide bonds. The van der Waals surface area contributed by atoms with Crippen LogP contribution in [0.5, 0.6) is 0 Å². The Morgan fingerprint density at radius 2 is 1.95 bits per heavy atom. The molecule has 0 aromatic heterocycles. The van der Waals surface area contributed by atoms with Crippen LogP contribution in [-0.4, -0.2) is 49.3 Å². The highest BCUT2D eigenvalue weighted by Gasteiger charge is 2.40. The summed E-state index contributed by atoms with van der Waals surface area (Å²) in [6.07, 6.45) is 4.43. The summed E-state index contributed by atoms with van der Waals surface area (Å²) in [7, 11) is 2.14. The van der Waals surface area contributed by atoms with Gasteiger partial charge in [-0.15, -0.1) is 0 Å². The Bertz CT molecular complexity index is 327. The van der Waals surface area contributed by atoms with Crippen LogP contribution >= 0.6 is 0 Å². The molecule has 118 valence electrons. The van der Waals surface area contributed by atoms with Crippen LogP contribution in [0, 0.1) is 11.3 Å². The van der Waals surface area contributed by atoms with Gasteiger partial charge in [0.2, 0.25) is 0 Å². The Hall–Kier alpha value is -0.120. The fourth-order valence-electron chi connectivity index (χ4n) is 4.66. The summed E-state index contributed by atoms with van der Waals surface area (Å²) in [5, 5.41) is 3.61. The minimum Gasteiger partial charge on any atom is -0.370 e. The minimum atomic E-state index is -0.00298. The molecule has 3 nitrogen and oxygen atoms in total. The van der Waals surface area contributed by atoms with Crippen LogP contribution < -0.4 is 5.32 Å². The highest BCUT2D eigenvalue weighted by Crippen LogP contribution is 2.39. The van der Waals surface area contributed by atoms with E-state index in [1.54, 1.807) is 0 Å². The number of ether oxygens (including phenoxy) is 1. The van der Waals surface area contributed by atoms with Gasteiger partial charge in [-0.05, 0) is 52.0 Å². The van der Waals surface area contributed by atoms with Gasteiger partial charge in [-0.1, -0.05) is 20.3 Å². The molecule has 20 heavy (non-hydrogen) atoms. The first-order chi connectivity index (χ1) is 9.23. The molecule has 0 aromatic carbocycles. The van der Waals surface area contributed by atoms with E-state index in [4.69, 9.17) is 4.74 Å². The average Bonchev–Trinajstić information content (AvgIpc) is 2.24. The highest BCUT2D eigenvalue weighted by molar-refractivity contribution is 4.95. The summed E-state index contributed by atoms with van der Waals surface area (Å²) in [4.78, 5) is 2.63. The molecular formula is C17H34N2O. The SMILES string of the molecule is CNC1C(CN2CC(C)OC(C)(C)C2)CCCC1(C)C. The van der Waals surface area contributed by atoms with Crippen molar-refractivity contribution in [3.05, 3.63) is 0 Å². The van der Waals surface area contributed by atoms with E-state index in [1.165, 1.54) is 25.8 Å². The Morgan fingerprint density at radius 1 is 1.25 bits per heavy atom. The molecular weight excluding hydrogens is 248 g/mol. The topological polar surface area (TPSA) is 24.5 Å². The standard InChI is InChI=1S/C17H34N2O/c1-13-10-19(12-17(4,5)20-13)11-14-8-7-9-16(2,3)15(14)18-6/h13-15,18H,7-12H2,1-6H3. The highest BCUT2D eigenvalue weighted by atomic mass is 16.5. The number of nitrogens with one attached hydrogen (secondary N) is 1. The molecule has 2 rings (SSSR count). The molecule has 3 heteroatoms. The van der Waals surface area contributed by atoms with Gasteiger partial charge in [0.15, 0.2) is 0 Å². The normalized spacial score (nSPS) is 37.8. The van der Waals surface area contributed by atoms with Gasteiger partial charge in [0, 0.05) is 25.7 Å². The van der Waals surface area contributed by atoms with Crippen LogP contribution in [0.15, 0.2) is 0 Å². The van der Waals surface area contributed by atoms with Gasteiger partial charge in [0.05, 0.1) is 11.7 Å². The van der Waals surface area contributed by atoms with Gasteiger partial charge in [0.1, 0.15) is 0 Å². The van der Waals surface area contributed by atoms with Gasteiger partial charge in [-0.25, -0.2) is 0 Å². The molecule has 1 heterocycles. The maximum Gasteiger partial charge on any atom is 0.0757 e. The Kier molecular flexibility index (Phi) is 4.83. The van der Waals surface area contributed by atoms with E-state index in [1.807, 2.05) is 0 Å². The van der Waals surface area contributed by atoms with E-state index in [-0.39, 0.29) is 5.60 Å². The lowest BCUT2D eigenvalue weighted by Gasteiger charge is -2.48. The quantitative estimate of drug-likeness (QED) is 0.861. The predicted molar refractivity (Wildman–Crippen MR) is 85.0 cm³/mol. The molecule has 2 fully saturated rings. The zero-order chi connectivity index (χ0) is 15.0. The largest absolute Gasteiger partial charge is 0.370 e. The number of nitrogens with zero attached hydrogens (tertiary/aromatic N) is 1. The van der Waals surface area contributed by atoms with Crippen molar-refractivity contribution in [3.63, 3.8) is 0 Å². The second-order valence-electron chi connectivity index (χ2n) is 8.29. The van der Waals surface area contributed by atoms with Crippen molar-refractivity contribution in [1.29, 1.82) is 0 Å². The zero-order valence-corrected chi connectivity index (χ0v) is 14.3. The minimum absolute atomic E-state index is 0.00298. The van der Waals surface area contributed by atoms with Crippen molar-refractivity contribution in [1.82, 2.24) is 10.2 Å². The van der Waals surface area contributed by atoms with Gasteiger partial charge in [-0.2, -0.15) is 0 Å². The Balaban J connectivity index is 2.01. The molecule has 2 aliphatic rings. The maximum absolute atomic E-state index is 6.03. The van der Waals surface area contributed by atoms with E-state index in [0.29, 0.717) is 17.6 Å². The lowest BCUT2D eigenvalue weighted by molar-refractivity contribution is -0.133. The molecule has 1 saturated carbocycles. The van der Waals surface area contributed by atoms with E-state index in [2.05, 4.69) is 51.9 Å². The van der Waals surface area contributed by atoms with Gasteiger partial charge in [-0.3, -0.25) is 4.90 Å². The molecule has 0 bridgehead atoms. The predicted octanol–water partition coefficient (Wildman–Crippen LogP) is 2.90. The van der Waals surface area contributed by atoms with E-state index < -0.39 is 0 Å². The number of hydrogen-bond acceptors (Lipinski definition) is 3. The van der Waals surface area contributed by atoms with Crippen molar-refractivity contribution >= 4 is 0 Å². The van der Waals surface area contributed by atoms with Crippen LogP contribution in [-0.2, 0) is 4.74 Å². The third-order valence-corrected chi connectivity index (χ3v) is 5.15. The van der Waals surface area contributed by atoms with Crippen molar-refractivity contribution < 1.29 is 4.74 Å². The second kappa shape index (κ2) is 5.94. The van der Waals surface area contributed by atoms with Crippen molar-refractivity contribution in [3.8, 4) is 0 Å². The molecule has 1 N–H and O–H groups in total. The van der Waals surface area contributed by atoms with E-state index in [9.17, 15) is 0 Å². The van der Waals surface area contributed by atoms with Crippen molar-refractivity contribution in [2.45, 2.75) is 71.6 Å². The van der Waals surface area contributed by atoms with Crippen molar-refractivity contribution in [2.75, 3.05) is 26.7 Å². The summed E-state index contributed by atoms with van der Waals surface area (Å²) < 4.78 is 6.03. The summed E-state index contributed by atoms with van der Waals surface area (Å²) >= 11 is 0. The fraction of sp³-hybridized carbons (Fsp3) is 1.00. The monoisotopic (exact) mass is 282 g/mol. The smallest absolute Gasteiger partial charge is 0.0757 e. The van der Waals surface area contributed by atoms with Crippen LogP contribution in [0.3, 0.4) is 0 Å². The molecule has 1 saturated heterocycles. The first-order valence-electron chi connectivity index (χ1n) is 8.31. The average molecular weight is 282 g/mol. The molecule has 3 unspecified atom stereocenters. The second-order valence-corrected chi connectivity index (χ2v) is 8.29. The summed E-state index contributed by atoms with van der Waals surface area (Å²) in [6.45, 7) is 14.8. The van der Waals surface area contributed by atoms with Crippen molar-refractivity contribution in [2.24, 2.45) is 11.3 Å². The maximum atomic E-state index is 6.03. The van der Waals surface area contributed by atoms with Gasteiger partial charge in [0.25, 0.3) is 0 Å². The lowest BCUT2D eigenvalue weighted by Crippen LogP contribution is -2.56. The number of hydrogen-bond donors (Lipinski definition) is 1. The van der Waals surface area contributed by atoms with E-state index in [0.717, 1.165) is 19.0 Å². The molecule has 0 spiro atoms. The van der Waals surface area contributed by atoms with Crippen LogP contribution in [0.1, 0.15) is 53.9 Å². The Morgan fingerprint density at radius 3 is 2.55 bits per heavy atom. The molecule has 0 radical (unpaired) electrons. The van der Waals surface area contributed by atoms with Crippen LogP contribution in [0.2, 0.25) is 0 Å². The summed E-state index contributed by atoms with van der Waals surface area (Å²) in [5.41, 5.74) is 0.419. The number of morpholine rings is 1. The molecule has 3 atom stereocenters. The third-order valence-electron chi connectivity index (χ3n) is 5.15. The van der Waals surface area contributed by atoms with Crippen LogP contribution in [0.4, 0.5) is 0 Å². The number of rotatable bonds is 3. The van der Waals surface area contributed by atoms with Gasteiger partial charge < -0.3 is 10.1 Å². The fourth-order valence-corrected chi connectivity index (χ4v) is 4.66. The summed E-state index contributed by atoms with van der Waals surface area (Å²) in [6, 6.07) is 0.637. The van der Waals surface area contributed by atoms with Crippen LogP contribution in [0.25, 0.3) is 0 Å². The first kappa shape index (κ1) is 16.3. The summed E-state index contributed by atoms with van der Waals surface area (Å²) in [5.74, 6) is 0.768. The third kappa shape index (κ3) is 3.75. The Labute approximate surface area is 125 Å². The molecule has 1 aliphatic carbocycles. The first-order valence-corrected chi connectivity index (χ1v) is 8.31. The van der Waals surface area contributed by atoms with Gasteiger partial charge >= 0.3 is 0 Å².